The molecular weight excluding hydrogens is 242 g/mol. The summed E-state index contributed by atoms with van der Waals surface area (Å²) in [5.41, 5.74) is 3.02. The lowest BCUT2D eigenvalue weighted by atomic mass is 10.1. The Morgan fingerprint density at radius 3 is 2.63 bits per heavy atom. The lowest BCUT2D eigenvalue weighted by Gasteiger charge is -2.21. The summed E-state index contributed by atoms with van der Waals surface area (Å²) in [5, 5.41) is 9.27. The Bertz CT molecular complexity index is 601. The standard InChI is InChI=1S/C15H17NO3/c1-10-4-5-14(13(8-10)15(17)18)16(3)9-12-6-7-19-11(12)2/h4-8H,9H2,1-3H3,(H,17,18). The highest BCUT2D eigenvalue weighted by Gasteiger charge is 2.15. The number of furan rings is 1. The second kappa shape index (κ2) is 5.18. The van der Waals surface area contributed by atoms with Crippen molar-refractivity contribution in [2.75, 3.05) is 11.9 Å². The zero-order chi connectivity index (χ0) is 14.0. The molecule has 0 radical (unpaired) electrons. The molecule has 1 aromatic heterocycles. The zero-order valence-corrected chi connectivity index (χ0v) is 11.3. The van der Waals surface area contributed by atoms with E-state index in [0.29, 0.717) is 17.8 Å². The smallest absolute Gasteiger partial charge is 0.337 e. The van der Waals surface area contributed by atoms with Crippen LogP contribution >= 0.6 is 0 Å². The summed E-state index contributed by atoms with van der Waals surface area (Å²) < 4.78 is 5.26. The molecule has 0 amide bonds. The van der Waals surface area contributed by atoms with Crippen molar-refractivity contribution >= 4 is 11.7 Å². The second-order valence-corrected chi connectivity index (χ2v) is 4.68. The average molecular weight is 259 g/mol. The van der Waals surface area contributed by atoms with Gasteiger partial charge < -0.3 is 14.4 Å². The largest absolute Gasteiger partial charge is 0.478 e. The van der Waals surface area contributed by atoms with Crippen molar-refractivity contribution in [2.45, 2.75) is 20.4 Å². The molecular formula is C15H17NO3. The summed E-state index contributed by atoms with van der Waals surface area (Å²) in [5.74, 6) is -0.0506. The van der Waals surface area contributed by atoms with Crippen molar-refractivity contribution in [1.82, 2.24) is 0 Å². The van der Waals surface area contributed by atoms with Gasteiger partial charge in [0.05, 0.1) is 17.5 Å². The third kappa shape index (κ3) is 2.78. The molecule has 4 heteroatoms. The average Bonchev–Trinajstić information content (AvgIpc) is 2.74. The molecule has 0 aliphatic heterocycles. The summed E-state index contributed by atoms with van der Waals surface area (Å²) in [6, 6.07) is 7.35. The van der Waals surface area contributed by atoms with Gasteiger partial charge in [-0.05, 0) is 32.0 Å². The van der Waals surface area contributed by atoms with Crippen molar-refractivity contribution in [2.24, 2.45) is 0 Å². The number of anilines is 1. The second-order valence-electron chi connectivity index (χ2n) is 4.68. The van der Waals surface area contributed by atoms with Crippen LogP contribution in [0.5, 0.6) is 0 Å². The minimum Gasteiger partial charge on any atom is -0.478 e. The van der Waals surface area contributed by atoms with Gasteiger partial charge in [-0.3, -0.25) is 0 Å². The van der Waals surface area contributed by atoms with Gasteiger partial charge in [-0.1, -0.05) is 11.6 Å². The fourth-order valence-corrected chi connectivity index (χ4v) is 2.07. The summed E-state index contributed by atoms with van der Waals surface area (Å²) >= 11 is 0. The van der Waals surface area contributed by atoms with E-state index in [4.69, 9.17) is 4.42 Å². The molecule has 1 heterocycles. The number of hydrogen-bond donors (Lipinski definition) is 1. The number of benzene rings is 1. The minimum absolute atomic E-state index is 0.323. The van der Waals surface area contributed by atoms with E-state index in [2.05, 4.69) is 0 Å². The molecule has 100 valence electrons. The molecule has 0 atom stereocenters. The highest BCUT2D eigenvalue weighted by Crippen LogP contribution is 2.23. The molecule has 0 saturated heterocycles. The van der Waals surface area contributed by atoms with Crippen LogP contribution in [0.1, 0.15) is 27.2 Å². The molecule has 0 saturated carbocycles. The number of nitrogens with zero attached hydrogens (tertiary/aromatic N) is 1. The Hall–Kier alpha value is -2.23. The van der Waals surface area contributed by atoms with Crippen LogP contribution in [0.4, 0.5) is 5.69 Å². The summed E-state index contributed by atoms with van der Waals surface area (Å²) in [6.07, 6.45) is 1.64. The van der Waals surface area contributed by atoms with Gasteiger partial charge in [0.25, 0.3) is 0 Å². The van der Waals surface area contributed by atoms with E-state index < -0.39 is 5.97 Å². The van der Waals surface area contributed by atoms with Gasteiger partial charge in [0.15, 0.2) is 0 Å². The van der Waals surface area contributed by atoms with Gasteiger partial charge in [0, 0.05) is 19.2 Å². The molecule has 0 unspecified atom stereocenters. The molecule has 2 rings (SSSR count). The maximum absolute atomic E-state index is 11.3. The van der Waals surface area contributed by atoms with Crippen LogP contribution < -0.4 is 4.90 Å². The van der Waals surface area contributed by atoms with E-state index in [1.807, 2.05) is 44.0 Å². The fraction of sp³-hybridized carbons (Fsp3) is 0.267. The molecule has 0 fully saturated rings. The molecule has 0 aliphatic rings. The first-order valence-corrected chi connectivity index (χ1v) is 6.07. The molecule has 0 spiro atoms. The van der Waals surface area contributed by atoms with Gasteiger partial charge in [0.1, 0.15) is 5.76 Å². The summed E-state index contributed by atoms with van der Waals surface area (Å²) in [6.45, 7) is 4.40. The van der Waals surface area contributed by atoms with Crippen LogP contribution in [0.2, 0.25) is 0 Å². The highest BCUT2D eigenvalue weighted by molar-refractivity contribution is 5.94. The third-order valence-electron chi connectivity index (χ3n) is 3.17. The zero-order valence-electron chi connectivity index (χ0n) is 11.3. The van der Waals surface area contributed by atoms with Crippen LogP contribution in [0.15, 0.2) is 34.9 Å². The van der Waals surface area contributed by atoms with Crippen LogP contribution in [0.25, 0.3) is 0 Å². The van der Waals surface area contributed by atoms with Crippen LogP contribution in [-0.4, -0.2) is 18.1 Å². The van der Waals surface area contributed by atoms with Crippen molar-refractivity contribution in [3.8, 4) is 0 Å². The first-order chi connectivity index (χ1) is 8.99. The number of aryl methyl sites for hydroxylation is 2. The number of hydrogen-bond acceptors (Lipinski definition) is 3. The van der Waals surface area contributed by atoms with Crippen LogP contribution in [0.3, 0.4) is 0 Å². The molecule has 19 heavy (non-hydrogen) atoms. The maximum atomic E-state index is 11.3. The Morgan fingerprint density at radius 2 is 2.05 bits per heavy atom. The lowest BCUT2D eigenvalue weighted by molar-refractivity contribution is 0.0697. The Morgan fingerprint density at radius 1 is 1.32 bits per heavy atom. The maximum Gasteiger partial charge on any atom is 0.337 e. The number of carboxylic acids is 1. The summed E-state index contributed by atoms with van der Waals surface area (Å²) in [7, 11) is 1.88. The number of carbonyl (C=O) groups is 1. The van der Waals surface area contributed by atoms with Gasteiger partial charge in [-0.15, -0.1) is 0 Å². The summed E-state index contributed by atoms with van der Waals surface area (Å²) in [4.78, 5) is 13.2. The van der Waals surface area contributed by atoms with E-state index >= 15 is 0 Å². The van der Waals surface area contributed by atoms with E-state index in [0.717, 1.165) is 16.9 Å². The van der Waals surface area contributed by atoms with Crippen LogP contribution in [-0.2, 0) is 6.54 Å². The molecule has 2 aromatic rings. The van der Waals surface area contributed by atoms with Crippen LogP contribution in [0, 0.1) is 13.8 Å². The molecule has 0 bridgehead atoms. The van der Waals surface area contributed by atoms with Crippen molar-refractivity contribution < 1.29 is 14.3 Å². The minimum atomic E-state index is -0.908. The van der Waals surface area contributed by atoms with E-state index in [-0.39, 0.29) is 0 Å². The van der Waals surface area contributed by atoms with Crippen molar-refractivity contribution in [3.63, 3.8) is 0 Å². The van der Waals surface area contributed by atoms with E-state index in [1.54, 1.807) is 12.3 Å². The molecule has 1 aromatic carbocycles. The number of rotatable bonds is 4. The lowest BCUT2D eigenvalue weighted by Crippen LogP contribution is -2.19. The van der Waals surface area contributed by atoms with Gasteiger partial charge in [-0.25, -0.2) is 4.79 Å². The Balaban J connectivity index is 2.31. The predicted molar refractivity (Wildman–Crippen MR) is 73.7 cm³/mol. The third-order valence-corrected chi connectivity index (χ3v) is 3.17. The van der Waals surface area contributed by atoms with Gasteiger partial charge in [0.2, 0.25) is 0 Å². The molecule has 1 N–H and O–H groups in total. The SMILES string of the molecule is Cc1ccc(N(C)Cc2ccoc2C)c(C(=O)O)c1. The Kier molecular flexibility index (Phi) is 3.60. The van der Waals surface area contributed by atoms with E-state index in [9.17, 15) is 9.90 Å². The van der Waals surface area contributed by atoms with Gasteiger partial charge >= 0.3 is 5.97 Å². The topological polar surface area (TPSA) is 53.7 Å². The first-order valence-electron chi connectivity index (χ1n) is 6.07. The van der Waals surface area contributed by atoms with E-state index in [1.165, 1.54) is 0 Å². The van der Waals surface area contributed by atoms with Crippen molar-refractivity contribution in [1.29, 1.82) is 0 Å². The Labute approximate surface area is 112 Å². The first kappa shape index (κ1) is 13.2. The highest BCUT2D eigenvalue weighted by atomic mass is 16.4. The van der Waals surface area contributed by atoms with Crippen molar-refractivity contribution in [3.05, 3.63) is 53.0 Å². The normalized spacial score (nSPS) is 10.5. The molecule has 0 aliphatic carbocycles. The number of carboxylic acid groups (broad SMARTS) is 1. The monoisotopic (exact) mass is 259 g/mol. The molecule has 4 nitrogen and oxygen atoms in total. The quantitative estimate of drug-likeness (QED) is 0.915. The number of aromatic carboxylic acids is 1. The van der Waals surface area contributed by atoms with Gasteiger partial charge in [-0.2, -0.15) is 0 Å². The predicted octanol–water partition coefficient (Wildman–Crippen LogP) is 3.23. The fourth-order valence-electron chi connectivity index (χ4n) is 2.07.